The molecule has 0 aliphatic rings. The topological polar surface area (TPSA) is 111 Å². The van der Waals surface area contributed by atoms with Gasteiger partial charge in [-0.25, -0.2) is 18.5 Å². The third kappa shape index (κ3) is 6.03. The van der Waals surface area contributed by atoms with Gasteiger partial charge in [-0.3, -0.25) is 4.79 Å². The Bertz CT molecular complexity index is 1470. The number of fused-ring (bicyclic) bond motifs is 1. The summed E-state index contributed by atoms with van der Waals surface area (Å²) in [5.41, 5.74) is 3.69. The van der Waals surface area contributed by atoms with E-state index in [1.165, 1.54) is 12.1 Å². The van der Waals surface area contributed by atoms with Crippen LogP contribution in [0, 0.1) is 0 Å². The Kier molecular flexibility index (Phi) is 7.14. The van der Waals surface area contributed by atoms with Crippen molar-refractivity contribution in [1.29, 1.82) is 0 Å². The van der Waals surface area contributed by atoms with Gasteiger partial charge in [0.1, 0.15) is 5.75 Å². The first-order valence-electron chi connectivity index (χ1n) is 11.3. The number of amides is 1. The number of hydrogen-bond acceptors (Lipinski definition) is 5. The summed E-state index contributed by atoms with van der Waals surface area (Å²) in [6.45, 7) is 4.33. The van der Waals surface area contributed by atoms with E-state index in [0.29, 0.717) is 24.2 Å². The summed E-state index contributed by atoms with van der Waals surface area (Å²) in [5, 5.41) is 8.87. The zero-order valence-corrected chi connectivity index (χ0v) is 20.4. The Morgan fingerprint density at radius 1 is 1.00 bits per heavy atom. The highest BCUT2D eigenvalue weighted by Crippen LogP contribution is 2.27. The lowest BCUT2D eigenvalue weighted by Gasteiger charge is -2.13. The molecule has 0 spiro atoms. The summed E-state index contributed by atoms with van der Waals surface area (Å²) in [7, 11) is -3.73. The summed E-state index contributed by atoms with van der Waals surface area (Å²) in [6, 6.07) is 23.3. The van der Waals surface area contributed by atoms with Gasteiger partial charge in [-0.2, -0.15) is 0 Å². The van der Waals surface area contributed by atoms with Crippen LogP contribution in [0.15, 0.2) is 83.8 Å². The van der Waals surface area contributed by atoms with Gasteiger partial charge in [0.05, 0.1) is 27.8 Å². The Morgan fingerprint density at radius 2 is 1.74 bits per heavy atom. The number of nitrogens with two attached hydrogens (primary N) is 1. The second-order valence-electron chi connectivity index (χ2n) is 8.46. The zero-order chi connectivity index (χ0) is 25.0. The van der Waals surface area contributed by atoms with Gasteiger partial charge in [-0.1, -0.05) is 42.5 Å². The molecule has 0 aliphatic carbocycles. The number of hydrogen-bond donors (Lipinski definition) is 2. The summed E-state index contributed by atoms with van der Waals surface area (Å²) < 4.78 is 28.6. The summed E-state index contributed by atoms with van der Waals surface area (Å²) in [6.07, 6.45) is 0.591. The zero-order valence-electron chi connectivity index (χ0n) is 19.6. The Labute approximate surface area is 205 Å². The molecule has 0 fully saturated rings. The first-order valence-corrected chi connectivity index (χ1v) is 12.8. The fraction of sp³-hybridized carbons (Fsp3) is 0.185. The van der Waals surface area contributed by atoms with Crippen LogP contribution in [0.2, 0.25) is 0 Å². The molecule has 0 saturated heterocycles. The number of pyridine rings is 1. The highest BCUT2D eigenvalue weighted by atomic mass is 32.2. The van der Waals surface area contributed by atoms with E-state index in [-0.39, 0.29) is 16.9 Å². The molecule has 0 atom stereocenters. The first kappa shape index (κ1) is 24.4. The van der Waals surface area contributed by atoms with Gasteiger partial charge >= 0.3 is 0 Å². The van der Waals surface area contributed by atoms with Crippen LogP contribution >= 0.6 is 0 Å². The average Bonchev–Trinajstić information content (AvgIpc) is 2.83. The van der Waals surface area contributed by atoms with Crippen molar-refractivity contribution in [2.24, 2.45) is 5.14 Å². The first-order chi connectivity index (χ1) is 16.7. The van der Waals surface area contributed by atoms with Crippen molar-refractivity contribution >= 4 is 26.8 Å². The van der Waals surface area contributed by atoms with Crippen LogP contribution in [0.25, 0.3) is 22.2 Å². The molecule has 0 saturated carbocycles. The maximum atomic E-state index is 13.2. The Morgan fingerprint density at radius 3 is 2.46 bits per heavy atom. The quantitative estimate of drug-likeness (QED) is 0.383. The minimum atomic E-state index is -3.73. The molecule has 0 aliphatic heterocycles. The molecule has 1 amide bonds. The Balaban J connectivity index is 1.56. The number of aromatic nitrogens is 1. The molecule has 1 heterocycles. The number of benzene rings is 3. The number of primary sulfonamides is 1. The van der Waals surface area contributed by atoms with Crippen molar-refractivity contribution in [3.8, 4) is 17.0 Å². The fourth-order valence-corrected chi connectivity index (χ4v) is 4.29. The molecule has 8 heteroatoms. The number of carbonyl (C=O) groups excluding carboxylic acids is 1. The van der Waals surface area contributed by atoms with E-state index < -0.39 is 10.0 Å². The van der Waals surface area contributed by atoms with Gasteiger partial charge in [0, 0.05) is 17.5 Å². The van der Waals surface area contributed by atoms with Crippen LogP contribution in [-0.4, -0.2) is 32.0 Å². The van der Waals surface area contributed by atoms with E-state index in [2.05, 4.69) is 5.32 Å². The van der Waals surface area contributed by atoms with E-state index in [1.807, 2.05) is 62.4 Å². The number of rotatable bonds is 8. The van der Waals surface area contributed by atoms with Crippen LogP contribution in [0.4, 0.5) is 0 Å². The normalized spacial score (nSPS) is 11.5. The maximum absolute atomic E-state index is 13.2. The van der Waals surface area contributed by atoms with Gasteiger partial charge in [0.2, 0.25) is 10.0 Å². The lowest BCUT2D eigenvalue weighted by atomic mass is 10.0. The molecule has 0 radical (unpaired) electrons. The molecule has 4 rings (SSSR count). The largest absolute Gasteiger partial charge is 0.491 e. The smallest absolute Gasteiger partial charge is 0.252 e. The molecular formula is C27H27N3O4S. The molecule has 3 N–H and O–H groups in total. The van der Waals surface area contributed by atoms with Gasteiger partial charge in [0.25, 0.3) is 5.91 Å². The second kappa shape index (κ2) is 10.2. The van der Waals surface area contributed by atoms with Crippen LogP contribution in [-0.2, 0) is 16.4 Å². The third-order valence-electron chi connectivity index (χ3n) is 5.41. The van der Waals surface area contributed by atoms with E-state index in [0.717, 1.165) is 27.8 Å². The van der Waals surface area contributed by atoms with Gasteiger partial charge in [0.15, 0.2) is 0 Å². The van der Waals surface area contributed by atoms with Crippen molar-refractivity contribution in [1.82, 2.24) is 10.3 Å². The number of ether oxygens (including phenoxy) is 1. The minimum Gasteiger partial charge on any atom is -0.491 e. The number of nitrogens with zero attached hydrogens (tertiary/aromatic N) is 1. The van der Waals surface area contributed by atoms with Gasteiger partial charge in [-0.15, -0.1) is 0 Å². The van der Waals surface area contributed by atoms with Gasteiger partial charge in [-0.05, 0) is 62.2 Å². The summed E-state index contributed by atoms with van der Waals surface area (Å²) >= 11 is 0. The Hall–Kier alpha value is -3.75. The lowest BCUT2D eigenvalue weighted by Crippen LogP contribution is -2.26. The standard InChI is InChI=1S/C27H27N3O4S/c1-18(2)34-21-7-5-6-20(16-21)26-17-24(23-8-3-4-9-25(23)30-26)27(31)29-15-14-19-10-12-22(13-11-19)35(28,32)33/h3-13,16-18H,14-15H2,1-2H3,(H,29,31)(H2,28,32,33). The molecule has 0 bridgehead atoms. The maximum Gasteiger partial charge on any atom is 0.252 e. The average molecular weight is 490 g/mol. The molecule has 3 aromatic carbocycles. The molecule has 0 unspecified atom stereocenters. The van der Waals surface area contributed by atoms with Crippen molar-refractivity contribution in [3.63, 3.8) is 0 Å². The number of sulfonamides is 1. The predicted octanol–water partition coefficient (Wildman–Crippen LogP) is 4.31. The van der Waals surface area contributed by atoms with Crippen molar-refractivity contribution in [3.05, 3.63) is 90.0 Å². The van der Waals surface area contributed by atoms with Crippen LogP contribution in [0.5, 0.6) is 5.75 Å². The van der Waals surface area contributed by atoms with Crippen LogP contribution < -0.4 is 15.2 Å². The molecule has 4 aromatic rings. The molecule has 1 aromatic heterocycles. The second-order valence-corrected chi connectivity index (χ2v) is 10.0. The molecule has 35 heavy (non-hydrogen) atoms. The predicted molar refractivity (Wildman–Crippen MR) is 137 cm³/mol. The molecular weight excluding hydrogens is 462 g/mol. The highest BCUT2D eigenvalue weighted by Gasteiger charge is 2.14. The summed E-state index contributed by atoms with van der Waals surface area (Å²) in [5.74, 6) is 0.535. The lowest BCUT2D eigenvalue weighted by molar-refractivity contribution is 0.0955. The minimum absolute atomic E-state index is 0.0482. The number of para-hydroxylation sites is 1. The molecule has 180 valence electrons. The van der Waals surface area contributed by atoms with Crippen LogP contribution in [0.3, 0.4) is 0 Å². The highest BCUT2D eigenvalue weighted by molar-refractivity contribution is 7.89. The van der Waals surface area contributed by atoms with E-state index in [4.69, 9.17) is 14.9 Å². The van der Waals surface area contributed by atoms with E-state index in [1.54, 1.807) is 18.2 Å². The van der Waals surface area contributed by atoms with Crippen molar-refractivity contribution in [2.45, 2.75) is 31.3 Å². The van der Waals surface area contributed by atoms with Crippen LogP contribution in [0.1, 0.15) is 29.8 Å². The van der Waals surface area contributed by atoms with E-state index in [9.17, 15) is 13.2 Å². The monoisotopic (exact) mass is 489 g/mol. The van der Waals surface area contributed by atoms with Crippen molar-refractivity contribution < 1.29 is 17.9 Å². The number of carbonyl (C=O) groups is 1. The SMILES string of the molecule is CC(C)Oc1cccc(-c2cc(C(=O)NCCc3ccc(S(N)(=O)=O)cc3)c3ccccc3n2)c1. The molecule has 7 nitrogen and oxygen atoms in total. The third-order valence-corrected chi connectivity index (χ3v) is 6.34. The van der Waals surface area contributed by atoms with E-state index >= 15 is 0 Å². The number of nitrogens with one attached hydrogen (secondary N) is 1. The van der Waals surface area contributed by atoms with Crippen molar-refractivity contribution in [2.75, 3.05) is 6.54 Å². The van der Waals surface area contributed by atoms with Gasteiger partial charge < -0.3 is 10.1 Å². The summed E-state index contributed by atoms with van der Waals surface area (Å²) in [4.78, 5) is 18.0. The fourth-order valence-electron chi connectivity index (χ4n) is 3.77.